The molecule has 2 rings (SSSR count). The molecule has 0 N–H and O–H groups in total. The Labute approximate surface area is 97.3 Å². The van der Waals surface area contributed by atoms with Crippen LogP contribution in [0.4, 0.5) is 5.69 Å². The van der Waals surface area contributed by atoms with E-state index < -0.39 is 5.41 Å². The monoisotopic (exact) mass is 216 g/mol. The number of nitrogens with zero attached hydrogens (tertiary/aromatic N) is 1. The summed E-state index contributed by atoms with van der Waals surface area (Å²) in [5, 5.41) is 0. The van der Waals surface area contributed by atoms with E-state index in [1.54, 1.807) is 0 Å². The molecule has 0 aliphatic carbocycles. The summed E-state index contributed by atoms with van der Waals surface area (Å²) in [4.78, 5) is 14.2. The van der Waals surface area contributed by atoms with Crippen LogP contribution in [0.15, 0.2) is 18.2 Å². The summed E-state index contributed by atoms with van der Waals surface area (Å²) < 4.78 is 0. The first-order chi connectivity index (χ1) is 7.48. The van der Waals surface area contributed by atoms with Gasteiger partial charge in [-0.25, -0.2) is 0 Å². The minimum Gasteiger partial charge on any atom is -0.311 e. The number of benzene rings is 1. The van der Waals surface area contributed by atoms with Gasteiger partial charge < -0.3 is 4.90 Å². The minimum atomic E-state index is -0.405. The zero-order valence-corrected chi connectivity index (χ0v) is 10.2. The molecule has 1 aromatic rings. The van der Waals surface area contributed by atoms with E-state index >= 15 is 0 Å². The van der Waals surface area contributed by atoms with Crippen molar-refractivity contribution in [2.45, 2.75) is 32.6 Å². The lowest BCUT2D eigenvalue weighted by Gasteiger charge is -2.19. The number of hydrogen-bond acceptors (Lipinski definition) is 1. The molecule has 1 radical (unpaired) electrons. The van der Waals surface area contributed by atoms with E-state index in [1.807, 2.05) is 36.9 Å². The average Bonchev–Trinajstić information content (AvgIpc) is 2.41. The van der Waals surface area contributed by atoms with E-state index in [0.29, 0.717) is 0 Å². The normalized spacial score (nSPS) is 17.8. The first-order valence-corrected chi connectivity index (χ1v) is 5.77. The van der Waals surface area contributed by atoms with Crippen LogP contribution in [0, 0.1) is 6.92 Å². The molecule has 1 aliphatic rings. The fourth-order valence-corrected chi connectivity index (χ4v) is 2.33. The molecule has 0 fully saturated rings. The van der Waals surface area contributed by atoms with E-state index in [0.717, 1.165) is 29.8 Å². The molecular formula is C14H18NO. The number of anilines is 1. The van der Waals surface area contributed by atoms with Crippen molar-refractivity contribution >= 4 is 11.6 Å². The molecule has 85 valence electrons. The number of fused-ring (bicyclic) bond motifs is 1. The molecule has 0 saturated carbocycles. The molecule has 0 atom stereocenters. The quantitative estimate of drug-likeness (QED) is 0.744. The summed E-state index contributed by atoms with van der Waals surface area (Å²) in [6.45, 7) is 10.8. The fourth-order valence-electron chi connectivity index (χ4n) is 2.33. The van der Waals surface area contributed by atoms with Crippen LogP contribution in [-0.2, 0) is 10.2 Å². The van der Waals surface area contributed by atoms with Crippen molar-refractivity contribution < 1.29 is 4.79 Å². The molecule has 2 heteroatoms. The molecule has 0 aromatic heterocycles. The lowest BCUT2D eigenvalue weighted by molar-refractivity contribution is -0.122. The molecule has 16 heavy (non-hydrogen) atoms. The zero-order chi connectivity index (χ0) is 11.9. The van der Waals surface area contributed by atoms with Crippen LogP contribution in [0.25, 0.3) is 0 Å². The van der Waals surface area contributed by atoms with Crippen molar-refractivity contribution in [2.24, 2.45) is 0 Å². The first-order valence-electron chi connectivity index (χ1n) is 5.77. The fraction of sp³-hybridized carbons (Fsp3) is 0.429. The van der Waals surface area contributed by atoms with Crippen molar-refractivity contribution in [3.8, 4) is 0 Å². The average molecular weight is 216 g/mol. The number of hydrogen-bond donors (Lipinski definition) is 0. The lowest BCUT2D eigenvalue weighted by atomic mass is 9.85. The maximum Gasteiger partial charge on any atom is 0.237 e. The smallest absolute Gasteiger partial charge is 0.237 e. The summed E-state index contributed by atoms with van der Waals surface area (Å²) in [6, 6.07) is 6.01. The van der Waals surface area contributed by atoms with Gasteiger partial charge in [0.05, 0.1) is 5.41 Å². The summed E-state index contributed by atoms with van der Waals surface area (Å²) in [6.07, 6.45) is 0.980. The summed E-state index contributed by atoms with van der Waals surface area (Å²) in [5.74, 6) is 0.204. The maximum atomic E-state index is 12.3. The van der Waals surface area contributed by atoms with Crippen LogP contribution in [0.3, 0.4) is 0 Å². The van der Waals surface area contributed by atoms with Gasteiger partial charge in [0.25, 0.3) is 0 Å². The van der Waals surface area contributed by atoms with Crippen LogP contribution in [0.1, 0.15) is 38.3 Å². The number of amides is 1. The van der Waals surface area contributed by atoms with Crippen LogP contribution >= 0.6 is 0 Å². The highest BCUT2D eigenvalue weighted by Crippen LogP contribution is 2.41. The Morgan fingerprint density at radius 1 is 1.38 bits per heavy atom. The van der Waals surface area contributed by atoms with Crippen LogP contribution in [0.5, 0.6) is 0 Å². The van der Waals surface area contributed by atoms with Gasteiger partial charge in [0.2, 0.25) is 5.91 Å². The van der Waals surface area contributed by atoms with E-state index in [1.165, 1.54) is 0 Å². The van der Waals surface area contributed by atoms with E-state index in [2.05, 4.69) is 13.8 Å². The largest absolute Gasteiger partial charge is 0.311 e. The van der Waals surface area contributed by atoms with Gasteiger partial charge in [-0.05, 0) is 44.4 Å². The van der Waals surface area contributed by atoms with Gasteiger partial charge in [-0.1, -0.05) is 19.1 Å². The molecule has 1 amide bonds. The second-order valence-corrected chi connectivity index (χ2v) is 4.93. The van der Waals surface area contributed by atoms with E-state index in [4.69, 9.17) is 0 Å². The first kappa shape index (κ1) is 11.2. The Balaban J connectivity index is 2.55. The standard InChI is InChI=1S/C14H18NO/c1-5-8-15-12-7-6-10(2)9-11(12)14(3,4)13(15)16/h6-7,9H,2,5,8H2,1,3-4H3. The molecular weight excluding hydrogens is 198 g/mol. The zero-order valence-electron chi connectivity index (χ0n) is 10.2. The number of rotatable bonds is 2. The Kier molecular flexibility index (Phi) is 2.53. The molecule has 0 bridgehead atoms. The van der Waals surface area contributed by atoms with Crippen molar-refractivity contribution in [1.82, 2.24) is 0 Å². The van der Waals surface area contributed by atoms with Crippen molar-refractivity contribution in [1.29, 1.82) is 0 Å². The number of carbonyl (C=O) groups excluding carboxylic acids is 1. The molecule has 1 heterocycles. The van der Waals surface area contributed by atoms with Gasteiger partial charge >= 0.3 is 0 Å². The summed E-state index contributed by atoms with van der Waals surface area (Å²) in [7, 11) is 0. The van der Waals surface area contributed by atoms with Crippen molar-refractivity contribution in [2.75, 3.05) is 11.4 Å². The highest BCUT2D eigenvalue weighted by molar-refractivity contribution is 6.07. The summed E-state index contributed by atoms with van der Waals surface area (Å²) in [5.41, 5.74) is 2.73. The van der Waals surface area contributed by atoms with E-state index in [9.17, 15) is 4.79 Å². The van der Waals surface area contributed by atoms with Crippen molar-refractivity contribution in [3.05, 3.63) is 36.2 Å². The Morgan fingerprint density at radius 3 is 2.69 bits per heavy atom. The maximum absolute atomic E-state index is 12.3. The Morgan fingerprint density at radius 2 is 2.06 bits per heavy atom. The highest BCUT2D eigenvalue weighted by atomic mass is 16.2. The van der Waals surface area contributed by atoms with Crippen LogP contribution in [-0.4, -0.2) is 12.5 Å². The topological polar surface area (TPSA) is 20.3 Å². The van der Waals surface area contributed by atoms with Crippen LogP contribution < -0.4 is 4.90 Å². The lowest BCUT2D eigenvalue weighted by Crippen LogP contribution is -2.36. The molecule has 0 unspecified atom stereocenters. The minimum absolute atomic E-state index is 0.204. The van der Waals surface area contributed by atoms with Gasteiger partial charge in [-0.3, -0.25) is 4.79 Å². The predicted octanol–water partition coefficient (Wildman–Crippen LogP) is 2.90. The second-order valence-electron chi connectivity index (χ2n) is 4.93. The Hall–Kier alpha value is -1.31. The second kappa shape index (κ2) is 3.62. The third kappa shape index (κ3) is 1.44. The molecule has 0 spiro atoms. The number of carbonyl (C=O) groups is 1. The Bertz CT molecular complexity index is 434. The van der Waals surface area contributed by atoms with Gasteiger partial charge in [0.15, 0.2) is 0 Å². The molecule has 2 nitrogen and oxygen atoms in total. The van der Waals surface area contributed by atoms with Crippen LogP contribution in [0.2, 0.25) is 0 Å². The third-order valence-corrected chi connectivity index (χ3v) is 3.25. The highest BCUT2D eigenvalue weighted by Gasteiger charge is 2.43. The van der Waals surface area contributed by atoms with Gasteiger partial charge in [-0.15, -0.1) is 0 Å². The van der Waals surface area contributed by atoms with E-state index in [-0.39, 0.29) is 5.91 Å². The third-order valence-electron chi connectivity index (χ3n) is 3.25. The molecule has 0 saturated heterocycles. The summed E-state index contributed by atoms with van der Waals surface area (Å²) >= 11 is 0. The van der Waals surface area contributed by atoms with Gasteiger partial charge in [0.1, 0.15) is 0 Å². The van der Waals surface area contributed by atoms with Gasteiger partial charge in [0, 0.05) is 12.2 Å². The predicted molar refractivity (Wildman–Crippen MR) is 66.6 cm³/mol. The van der Waals surface area contributed by atoms with Gasteiger partial charge in [-0.2, -0.15) is 0 Å². The molecule has 1 aromatic carbocycles. The molecule has 1 aliphatic heterocycles. The SMILES string of the molecule is [CH2]c1ccc2c(c1)C(C)(C)C(=O)N2CCC. The van der Waals surface area contributed by atoms with Crippen molar-refractivity contribution in [3.63, 3.8) is 0 Å².